The van der Waals surface area contributed by atoms with Crippen LogP contribution in [-0.4, -0.2) is 47.9 Å². The fourth-order valence-electron chi connectivity index (χ4n) is 2.36. The van der Waals surface area contributed by atoms with Crippen LogP contribution in [0.25, 0.3) is 0 Å². The van der Waals surface area contributed by atoms with Crippen LogP contribution in [0.15, 0.2) is 18.2 Å². The largest absolute Gasteiger partial charge is 0.480 e. The van der Waals surface area contributed by atoms with Gasteiger partial charge in [0.15, 0.2) is 0 Å². The molecule has 0 fully saturated rings. The van der Waals surface area contributed by atoms with Gasteiger partial charge >= 0.3 is 5.97 Å². The van der Waals surface area contributed by atoms with Crippen molar-refractivity contribution >= 4 is 23.5 Å². The van der Waals surface area contributed by atoms with Crippen molar-refractivity contribution in [3.05, 3.63) is 29.3 Å². The molecule has 0 bridgehead atoms. The van der Waals surface area contributed by atoms with E-state index in [0.29, 0.717) is 18.5 Å². The van der Waals surface area contributed by atoms with Crippen molar-refractivity contribution in [1.82, 2.24) is 4.90 Å². The molecule has 1 N–H and O–H groups in total. The number of carbonyl (C=O) groups is 3. The normalized spacial score (nSPS) is 13.0. The smallest absolute Gasteiger partial charge is 0.323 e. The Kier molecular flexibility index (Phi) is 3.74. The van der Waals surface area contributed by atoms with Crippen molar-refractivity contribution in [2.24, 2.45) is 0 Å². The van der Waals surface area contributed by atoms with Gasteiger partial charge in [0.2, 0.25) is 5.91 Å². The number of carboxylic acid groups (broad SMARTS) is 1. The maximum Gasteiger partial charge on any atom is 0.323 e. The van der Waals surface area contributed by atoms with Gasteiger partial charge in [-0.3, -0.25) is 14.4 Å². The van der Waals surface area contributed by atoms with E-state index in [-0.39, 0.29) is 18.4 Å². The van der Waals surface area contributed by atoms with Crippen LogP contribution in [0.5, 0.6) is 0 Å². The molecule has 106 valence electrons. The van der Waals surface area contributed by atoms with Crippen LogP contribution in [0, 0.1) is 0 Å². The molecule has 0 spiro atoms. The summed E-state index contributed by atoms with van der Waals surface area (Å²) < 4.78 is 0. The molecule has 6 nitrogen and oxygen atoms in total. The standard InChI is InChI=1S/C14H16N2O4/c1-9(17)16-6-5-10-7-11(3-4-12(10)16)14(20)15(2)8-13(18)19/h3-4,7H,5-6,8H2,1-2H3,(H,18,19). The van der Waals surface area contributed by atoms with Crippen molar-refractivity contribution in [2.45, 2.75) is 13.3 Å². The number of carboxylic acids is 1. The average molecular weight is 276 g/mol. The Bertz CT molecular complexity index is 583. The number of carbonyl (C=O) groups excluding carboxylic acids is 2. The molecule has 20 heavy (non-hydrogen) atoms. The van der Waals surface area contributed by atoms with E-state index in [0.717, 1.165) is 16.2 Å². The molecule has 0 atom stereocenters. The summed E-state index contributed by atoms with van der Waals surface area (Å²) >= 11 is 0. The molecule has 0 unspecified atom stereocenters. The molecule has 1 aromatic carbocycles. The molecule has 0 aliphatic carbocycles. The zero-order chi connectivity index (χ0) is 14.9. The van der Waals surface area contributed by atoms with Gasteiger partial charge in [-0.05, 0) is 30.2 Å². The van der Waals surface area contributed by atoms with Gasteiger partial charge < -0.3 is 14.9 Å². The lowest BCUT2D eigenvalue weighted by atomic mass is 10.1. The summed E-state index contributed by atoms with van der Waals surface area (Å²) in [5.41, 5.74) is 2.21. The number of nitrogens with zero attached hydrogens (tertiary/aromatic N) is 2. The first-order chi connectivity index (χ1) is 9.40. The predicted octanol–water partition coefficient (Wildman–Crippen LogP) is 0.752. The molecular weight excluding hydrogens is 260 g/mol. The Hall–Kier alpha value is -2.37. The number of rotatable bonds is 3. The van der Waals surface area contributed by atoms with E-state index in [1.54, 1.807) is 23.1 Å². The van der Waals surface area contributed by atoms with Crippen molar-refractivity contribution in [1.29, 1.82) is 0 Å². The second-order valence-corrected chi connectivity index (χ2v) is 4.82. The van der Waals surface area contributed by atoms with E-state index in [2.05, 4.69) is 0 Å². The summed E-state index contributed by atoms with van der Waals surface area (Å²) in [5, 5.41) is 8.69. The molecule has 1 aliphatic rings. The first-order valence-electron chi connectivity index (χ1n) is 6.28. The zero-order valence-corrected chi connectivity index (χ0v) is 11.4. The van der Waals surface area contributed by atoms with Crippen LogP contribution in [-0.2, 0) is 16.0 Å². The first-order valence-corrected chi connectivity index (χ1v) is 6.28. The minimum Gasteiger partial charge on any atom is -0.480 e. The number of aliphatic carboxylic acids is 1. The van der Waals surface area contributed by atoms with Crippen molar-refractivity contribution in [3.63, 3.8) is 0 Å². The molecule has 6 heteroatoms. The van der Waals surface area contributed by atoms with Gasteiger partial charge in [-0.25, -0.2) is 0 Å². The monoisotopic (exact) mass is 276 g/mol. The van der Waals surface area contributed by atoms with Gasteiger partial charge in [-0.1, -0.05) is 0 Å². The minimum absolute atomic E-state index is 0.0224. The van der Waals surface area contributed by atoms with E-state index in [1.165, 1.54) is 14.0 Å². The van der Waals surface area contributed by atoms with Gasteiger partial charge in [-0.15, -0.1) is 0 Å². The highest BCUT2D eigenvalue weighted by Crippen LogP contribution is 2.29. The highest BCUT2D eigenvalue weighted by atomic mass is 16.4. The van der Waals surface area contributed by atoms with Gasteiger partial charge in [-0.2, -0.15) is 0 Å². The minimum atomic E-state index is -1.05. The number of amides is 2. The molecule has 2 rings (SSSR count). The number of likely N-dealkylation sites (N-methyl/N-ethyl adjacent to an activating group) is 1. The Morgan fingerprint density at radius 3 is 2.65 bits per heavy atom. The molecule has 1 aliphatic heterocycles. The van der Waals surface area contributed by atoms with E-state index in [4.69, 9.17) is 5.11 Å². The van der Waals surface area contributed by atoms with Crippen molar-refractivity contribution in [3.8, 4) is 0 Å². The van der Waals surface area contributed by atoms with Gasteiger partial charge in [0.25, 0.3) is 5.91 Å². The number of fused-ring (bicyclic) bond motifs is 1. The topological polar surface area (TPSA) is 77.9 Å². The maximum absolute atomic E-state index is 12.1. The summed E-state index contributed by atoms with van der Waals surface area (Å²) in [5.74, 6) is -1.41. The fourth-order valence-corrected chi connectivity index (χ4v) is 2.36. The van der Waals surface area contributed by atoms with Crippen LogP contribution < -0.4 is 4.90 Å². The number of hydrogen-bond donors (Lipinski definition) is 1. The summed E-state index contributed by atoms with van der Waals surface area (Å²) in [6, 6.07) is 5.10. The summed E-state index contributed by atoms with van der Waals surface area (Å²) in [7, 11) is 1.45. The third-order valence-corrected chi connectivity index (χ3v) is 3.32. The third kappa shape index (κ3) is 2.64. The van der Waals surface area contributed by atoms with Crippen molar-refractivity contribution in [2.75, 3.05) is 25.0 Å². The average Bonchev–Trinajstić information content (AvgIpc) is 2.79. The highest BCUT2D eigenvalue weighted by Gasteiger charge is 2.24. The fraction of sp³-hybridized carbons (Fsp3) is 0.357. The van der Waals surface area contributed by atoms with E-state index in [9.17, 15) is 14.4 Å². The van der Waals surface area contributed by atoms with Crippen LogP contribution >= 0.6 is 0 Å². The number of anilines is 1. The van der Waals surface area contributed by atoms with E-state index < -0.39 is 5.97 Å². The lowest BCUT2D eigenvalue weighted by molar-refractivity contribution is -0.137. The maximum atomic E-state index is 12.1. The van der Waals surface area contributed by atoms with Gasteiger partial charge in [0.1, 0.15) is 6.54 Å². The zero-order valence-electron chi connectivity index (χ0n) is 11.4. The Morgan fingerprint density at radius 2 is 2.05 bits per heavy atom. The quantitative estimate of drug-likeness (QED) is 0.883. The first kappa shape index (κ1) is 14.0. The molecule has 1 heterocycles. The third-order valence-electron chi connectivity index (χ3n) is 3.32. The second kappa shape index (κ2) is 5.32. The molecule has 0 radical (unpaired) electrons. The number of benzene rings is 1. The second-order valence-electron chi connectivity index (χ2n) is 4.82. The lowest BCUT2D eigenvalue weighted by Gasteiger charge is -2.17. The lowest BCUT2D eigenvalue weighted by Crippen LogP contribution is -2.32. The van der Waals surface area contributed by atoms with E-state index >= 15 is 0 Å². The van der Waals surface area contributed by atoms with Crippen molar-refractivity contribution < 1.29 is 19.5 Å². The predicted molar refractivity (Wildman–Crippen MR) is 72.8 cm³/mol. The Morgan fingerprint density at radius 1 is 1.35 bits per heavy atom. The summed E-state index contributed by atoms with van der Waals surface area (Å²) in [6.45, 7) is 1.79. The van der Waals surface area contributed by atoms with Crippen LogP contribution in [0.1, 0.15) is 22.8 Å². The summed E-state index contributed by atoms with van der Waals surface area (Å²) in [4.78, 5) is 37.0. The Labute approximate surface area is 116 Å². The molecule has 0 aromatic heterocycles. The van der Waals surface area contributed by atoms with Gasteiger partial charge in [0.05, 0.1) is 0 Å². The van der Waals surface area contributed by atoms with Gasteiger partial charge in [0, 0.05) is 31.8 Å². The van der Waals surface area contributed by atoms with Crippen LogP contribution in [0.2, 0.25) is 0 Å². The molecule has 0 saturated carbocycles. The highest BCUT2D eigenvalue weighted by molar-refractivity contribution is 5.98. The molecule has 2 amide bonds. The molecular formula is C14H16N2O4. The van der Waals surface area contributed by atoms with Crippen LogP contribution in [0.3, 0.4) is 0 Å². The van der Waals surface area contributed by atoms with Crippen LogP contribution in [0.4, 0.5) is 5.69 Å². The van der Waals surface area contributed by atoms with E-state index in [1.807, 2.05) is 0 Å². The SMILES string of the molecule is CC(=O)N1CCc2cc(C(=O)N(C)CC(=O)O)ccc21. The Balaban J connectivity index is 2.22. The summed E-state index contributed by atoms with van der Waals surface area (Å²) in [6.07, 6.45) is 0.707. The molecule has 1 aromatic rings. The number of hydrogen-bond acceptors (Lipinski definition) is 3. The molecule has 0 saturated heterocycles.